The predicted molar refractivity (Wildman–Crippen MR) is 121 cm³/mol. The second-order valence-electron chi connectivity index (χ2n) is 7.50. The van der Waals surface area contributed by atoms with E-state index in [-0.39, 0.29) is 11.7 Å². The molecule has 4 heteroatoms. The largest absolute Gasteiger partial charge is 0.494 e. The first-order chi connectivity index (χ1) is 14.6. The molecule has 3 aromatic rings. The van der Waals surface area contributed by atoms with Crippen LogP contribution in [0.2, 0.25) is 0 Å². The molecule has 1 amide bonds. The highest BCUT2D eigenvalue weighted by Gasteiger charge is 2.13. The Morgan fingerprint density at radius 3 is 2.47 bits per heavy atom. The monoisotopic (exact) mass is 403 g/mol. The molecule has 0 bridgehead atoms. The highest BCUT2D eigenvalue weighted by atomic mass is 16.5. The van der Waals surface area contributed by atoms with E-state index in [0.717, 1.165) is 41.3 Å². The molecule has 1 N–H and O–H groups in total. The summed E-state index contributed by atoms with van der Waals surface area (Å²) in [6.45, 7) is 4.90. The van der Waals surface area contributed by atoms with Crippen LogP contribution in [0, 0.1) is 0 Å². The molecular weight excluding hydrogens is 374 g/mol. The van der Waals surface area contributed by atoms with E-state index in [1.807, 2.05) is 60.7 Å². The van der Waals surface area contributed by atoms with Gasteiger partial charge in [-0.3, -0.25) is 9.59 Å². The van der Waals surface area contributed by atoms with Gasteiger partial charge in [0.1, 0.15) is 5.75 Å². The van der Waals surface area contributed by atoms with Crippen molar-refractivity contribution in [1.29, 1.82) is 0 Å². The number of nitrogens with one attached hydrogen (secondary N) is 1. The van der Waals surface area contributed by atoms with Gasteiger partial charge in [-0.25, -0.2) is 0 Å². The lowest BCUT2D eigenvalue weighted by Crippen LogP contribution is -2.22. The number of rotatable bonds is 10. The lowest BCUT2D eigenvalue weighted by molar-refractivity contribution is -0.118. The summed E-state index contributed by atoms with van der Waals surface area (Å²) in [5.41, 5.74) is 2.35. The third-order valence-corrected chi connectivity index (χ3v) is 5.09. The maximum atomic E-state index is 13.0. The van der Waals surface area contributed by atoms with Gasteiger partial charge in [-0.15, -0.1) is 0 Å². The molecule has 0 aromatic heterocycles. The zero-order valence-corrected chi connectivity index (χ0v) is 17.7. The van der Waals surface area contributed by atoms with Gasteiger partial charge in [0.05, 0.1) is 6.61 Å². The van der Waals surface area contributed by atoms with Crippen LogP contribution in [0.25, 0.3) is 10.8 Å². The fourth-order valence-electron chi connectivity index (χ4n) is 3.51. The molecule has 0 saturated carbocycles. The van der Waals surface area contributed by atoms with Crippen molar-refractivity contribution in [2.75, 3.05) is 13.2 Å². The van der Waals surface area contributed by atoms with E-state index >= 15 is 0 Å². The number of fused-ring (bicyclic) bond motifs is 1. The van der Waals surface area contributed by atoms with Crippen LogP contribution in [0.5, 0.6) is 5.75 Å². The van der Waals surface area contributed by atoms with Crippen molar-refractivity contribution in [3.8, 4) is 5.75 Å². The quantitative estimate of drug-likeness (QED) is 0.368. The van der Waals surface area contributed by atoms with Gasteiger partial charge >= 0.3 is 0 Å². The first-order valence-electron chi connectivity index (χ1n) is 10.6. The lowest BCUT2D eigenvalue weighted by Gasteiger charge is -2.13. The number of amides is 1. The van der Waals surface area contributed by atoms with Crippen LogP contribution >= 0.6 is 0 Å². The average molecular weight is 404 g/mol. The molecule has 0 aliphatic carbocycles. The summed E-state index contributed by atoms with van der Waals surface area (Å²) in [6.07, 6.45) is 3.99. The fourth-order valence-corrected chi connectivity index (χ4v) is 3.51. The van der Waals surface area contributed by atoms with Crippen molar-refractivity contribution in [3.63, 3.8) is 0 Å². The highest BCUT2D eigenvalue weighted by Crippen LogP contribution is 2.27. The number of benzene rings is 3. The number of ketones is 1. The molecule has 30 heavy (non-hydrogen) atoms. The number of hydrogen-bond acceptors (Lipinski definition) is 3. The van der Waals surface area contributed by atoms with Crippen LogP contribution in [0.3, 0.4) is 0 Å². The van der Waals surface area contributed by atoms with E-state index in [4.69, 9.17) is 4.74 Å². The number of hydrogen-bond donors (Lipinski definition) is 1. The van der Waals surface area contributed by atoms with Gasteiger partial charge in [0, 0.05) is 24.6 Å². The normalized spacial score (nSPS) is 10.7. The minimum absolute atomic E-state index is 0.00170. The van der Waals surface area contributed by atoms with Crippen LogP contribution < -0.4 is 10.1 Å². The minimum atomic E-state index is -0.0595. The van der Waals surface area contributed by atoms with Gasteiger partial charge in [0.15, 0.2) is 5.78 Å². The van der Waals surface area contributed by atoms with Crippen molar-refractivity contribution < 1.29 is 14.3 Å². The number of carbonyl (C=O) groups excluding carboxylic acids is 2. The summed E-state index contributed by atoms with van der Waals surface area (Å²) >= 11 is 0. The summed E-state index contributed by atoms with van der Waals surface area (Å²) in [7, 11) is 0. The second-order valence-corrected chi connectivity index (χ2v) is 7.50. The minimum Gasteiger partial charge on any atom is -0.494 e. The average Bonchev–Trinajstić information content (AvgIpc) is 2.76. The Labute approximate surface area is 178 Å². The maximum Gasteiger partial charge on any atom is 0.216 e. The van der Waals surface area contributed by atoms with E-state index in [1.165, 1.54) is 6.92 Å². The molecule has 4 nitrogen and oxygen atoms in total. The van der Waals surface area contributed by atoms with Gasteiger partial charge in [-0.1, -0.05) is 56.2 Å². The smallest absolute Gasteiger partial charge is 0.216 e. The summed E-state index contributed by atoms with van der Waals surface area (Å²) in [5, 5.41) is 4.90. The molecule has 0 atom stereocenters. The molecule has 0 spiro atoms. The topological polar surface area (TPSA) is 55.4 Å². The summed E-state index contributed by atoms with van der Waals surface area (Å²) in [4.78, 5) is 24.3. The van der Waals surface area contributed by atoms with E-state index in [0.29, 0.717) is 30.7 Å². The van der Waals surface area contributed by atoms with Crippen LogP contribution in [-0.4, -0.2) is 24.8 Å². The molecule has 0 unspecified atom stereocenters. The summed E-state index contributed by atoms with van der Waals surface area (Å²) in [5.74, 6) is 0.774. The molecular formula is C26H29NO3. The molecule has 0 aliphatic heterocycles. The van der Waals surface area contributed by atoms with E-state index in [9.17, 15) is 9.59 Å². The standard InChI is InChI=1S/C26H29NO3/c1-3-4-8-15-30-24-12-11-21-16-23(26(29)20-9-6-5-7-10-20)17-22(25(21)18-24)13-14-27-19(2)28/h5-7,9-12,16-18H,3-4,8,13-15H2,1-2H3,(H,27,28). The van der Waals surface area contributed by atoms with Gasteiger partial charge in [0.2, 0.25) is 5.91 Å². The third-order valence-electron chi connectivity index (χ3n) is 5.09. The highest BCUT2D eigenvalue weighted by molar-refractivity contribution is 6.11. The predicted octanol–water partition coefficient (Wildman–Crippen LogP) is 5.32. The molecule has 0 fully saturated rings. The zero-order valence-electron chi connectivity index (χ0n) is 17.7. The molecule has 3 aromatic carbocycles. The van der Waals surface area contributed by atoms with Crippen molar-refractivity contribution >= 4 is 22.5 Å². The Morgan fingerprint density at radius 1 is 0.933 bits per heavy atom. The number of ether oxygens (including phenoxy) is 1. The van der Waals surface area contributed by atoms with Crippen LogP contribution in [0.15, 0.2) is 60.7 Å². The Morgan fingerprint density at radius 2 is 1.73 bits per heavy atom. The molecule has 3 rings (SSSR count). The SMILES string of the molecule is CCCCCOc1ccc2cc(C(=O)c3ccccc3)cc(CCNC(C)=O)c2c1. The second kappa shape index (κ2) is 10.6. The Hall–Kier alpha value is -3.14. The van der Waals surface area contributed by atoms with E-state index in [1.54, 1.807) is 0 Å². The van der Waals surface area contributed by atoms with Crippen LogP contribution in [0.4, 0.5) is 0 Å². The van der Waals surface area contributed by atoms with E-state index < -0.39 is 0 Å². The number of unbranched alkanes of at least 4 members (excludes halogenated alkanes) is 2. The summed E-state index contributed by atoms with van der Waals surface area (Å²) in [6, 6.07) is 19.2. The van der Waals surface area contributed by atoms with Crippen molar-refractivity contribution in [1.82, 2.24) is 5.32 Å². The van der Waals surface area contributed by atoms with Gasteiger partial charge in [0.25, 0.3) is 0 Å². The molecule has 0 saturated heterocycles. The molecule has 0 heterocycles. The first-order valence-corrected chi connectivity index (χ1v) is 10.6. The fraction of sp³-hybridized carbons (Fsp3) is 0.308. The van der Waals surface area contributed by atoms with Crippen molar-refractivity contribution in [3.05, 3.63) is 77.4 Å². The lowest BCUT2D eigenvalue weighted by atomic mass is 9.94. The van der Waals surface area contributed by atoms with Gasteiger partial charge < -0.3 is 10.1 Å². The Balaban J connectivity index is 1.93. The molecule has 0 radical (unpaired) electrons. The maximum absolute atomic E-state index is 13.0. The van der Waals surface area contributed by atoms with Crippen molar-refractivity contribution in [2.24, 2.45) is 0 Å². The van der Waals surface area contributed by atoms with Gasteiger partial charge in [-0.05, 0) is 53.4 Å². The van der Waals surface area contributed by atoms with Crippen LogP contribution in [-0.2, 0) is 11.2 Å². The van der Waals surface area contributed by atoms with Crippen LogP contribution in [0.1, 0.15) is 54.6 Å². The first kappa shape index (κ1) is 21.6. The third kappa shape index (κ3) is 5.69. The van der Waals surface area contributed by atoms with E-state index in [2.05, 4.69) is 12.2 Å². The Bertz CT molecular complexity index is 1010. The molecule has 156 valence electrons. The van der Waals surface area contributed by atoms with Crippen molar-refractivity contribution in [2.45, 2.75) is 39.5 Å². The molecule has 0 aliphatic rings. The number of carbonyl (C=O) groups is 2. The summed E-state index contributed by atoms with van der Waals surface area (Å²) < 4.78 is 5.92. The Kier molecular flexibility index (Phi) is 7.61. The van der Waals surface area contributed by atoms with Gasteiger partial charge in [-0.2, -0.15) is 0 Å². The zero-order chi connectivity index (χ0) is 21.3.